The Labute approximate surface area is 235 Å². The average Bonchev–Trinajstić information content (AvgIpc) is 3.10. The number of carbonyl (C=O) groups excluding carboxylic acids is 2. The van der Waals surface area contributed by atoms with Crippen LogP contribution in [0.1, 0.15) is 40.1 Å². The lowest BCUT2D eigenvalue weighted by Crippen LogP contribution is -2.60. The first-order valence-electron chi connectivity index (χ1n) is 12.2. The molecule has 3 heterocycles. The minimum absolute atomic E-state index is 0.395. The number of carbonyl (C=O) groups is 2. The third-order valence-electron chi connectivity index (χ3n) is 6.85. The normalized spacial score (nSPS) is 17.1. The van der Waals surface area contributed by atoms with Crippen LogP contribution in [0.25, 0.3) is 0 Å². The minimum atomic E-state index is -4.80. The molecular formula is C27H23F4N3O6S. The van der Waals surface area contributed by atoms with Gasteiger partial charge < -0.3 is 19.1 Å². The van der Waals surface area contributed by atoms with E-state index in [2.05, 4.69) is 9.47 Å². The second-order valence-corrected chi connectivity index (χ2v) is 10.2. The van der Waals surface area contributed by atoms with Crippen molar-refractivity contribution in [3.8, 4) is 5.75 Å². The van der Waals surface area contributed by atoms with Crippen LogP contribution in [0.3, 0.4) is 0 Å². The Morgan fingerprint density at radius 1 is 1.12 bits per heavy atom. The van der Waals surface area contributed by atoms with Crippen molar-refractivity contribution in [3.63, 3.8) is 0 Å². The summed E-state index contributed by atoms with van der Waals surface area (Å²) in [6.07, 6.45) is -4.67. The summed E-state index contributed by atoms with van der Waals surface area (Å²) in [5, 5.41) is 1.49. The van der Waals surface area contributed by atoms with Gasteiger partial charge in [-0.3, -0.25) is 19.3 Å². The van der Waals surface area contributed by atoms with E-state index in [9.17, 15) is 31.9 Å². The number of thioether (sulfide) groups is 1. The number of pyridine rings is 1. The van der Waals surface area contributed by atoms with E-state index in [1.54, 1.807) is 12.1 Å². The van der Waals surface area contributed by atoms with E-state index >= 15 is 0 Å². The molecular weight excluding hydrogens is 570 g/mol. The molecule has 0 fully saturated rings. The van der Waals surface area contributed by atoms with Gasteiger partial charge in [0, 0.05) is 22.9 Å². The van der Waals surface area contributed by atoms with Crippen LogP contribution < -0.4 is 15.2 Å². The largest absolute Gasteiger partial charge is 0.510 e. The van der Waals surface area contributed by atoms with Gasteiger partial charge in [-0.15, -0.1) is 11.8 Å². The molecule has 0 unspecified atom stereocenters. The molecule has 14 heteroatoms. The first-order valence-corrected chi connectivity index (χ1v) is 13.2. The number of hydrogen-bond donors (Lipinski definition) is 0. The molecule has 2 atom stereocenters. The number of alkyl halides is 3. The number of halogens is 4. The molecule has 41 heavy (non-hydrogen) atoms. The van der Waals surface area contributed by atoms with E-state index in [1.807, 2.05) is 18.2 Å². The number of ether oxygens (including phenoxy) is 3. The molecule has 3 aromatic rings. The molecule has 216 valence electrons. The highest BCUT2D eigenvalue weighted by molar-refractivity contribution is 7.98. The van der Waals surface area contributed by atoms with Crippen molar-refractivity contribution in [1.82, 2.24) is 9.58 Å². The van der Waals surface area contributed by atoms with Crippen LogP contribution in [0.4, 0.5) is 22.4 Å². The topological polar surface area (TPSA) is 90.3 Å². The van der Waals surface area contributed by atoms with E-state index in [1.165, 1.54) is 39.8 Å². The van der Waals surface area contributed by atoms with Gasteiger partial charge in [-0.25, -0.2) is 9.18 Å². The molecule has 0 bridgehead atoms. The third kappa shape index (κ3) is 5.31. The van der Waals surface area contributed by atoms with Gasteiger partial charge in [-0.1, -0.05) is 24.3 Å². The number of methoxy groups -OCH3 is 1. The van der Waals surface area contributed by atoms with E-state index in [0.717, 1.165) is 25.0 Å². The highest BCUT2D eigenvalue weighted by atomic mass is 32.2. The zero-order chi connectivity index (χ0) is 29.5. The number of benzene rings is 2. The Hall–Kier alpha value is -4.20. The lowest BCUT2D eigenvalue weighted by Gasteiger charge is -2.46. The second-order valence-electron chi connectivity index (χ2n) is 9.21. The van der Waals surface area contributed by atoms with Crippen LogP contribution in [0, 0.1) is 5.82 Å². The standard InChI is InChI=1S/C27H23F4N3O6S/c1-15(27(29,30)31)32-13-34(33-10-9-20(35)24(23(33)25(32)36)39-14-40-26(37)38-2)22-18-8-7-17(28)11-16(18)12-41-21-6-4-3-5-19(21)22/h3-11,15,22H,12-14H2,1-2H3/t15-,22+/m1/s1. The van der Waals surface area contributed by atoms with E-state index in [-0.39, 0.29) is 0 Å². The second kappa shape index (κ2) is 11.0. The number of aromatic nitrogens is 1. The predicted molar refractivity (Wildman–Crippen MR) is 139 cm³/mol. The summed E-state index contributed by atoms with van der Waals surface area (Å²) in [5.74, 6) is -1.80. The molecule has 2 aliphatic rings. The number of fused-ring (bicyclic) bond motifs is 3. The molecule has 2 aromatic carbocycles. The molecule has 0 saturated heterocycles. The molecule has 1 amide bonds. The van der Waals surface area contributed by atoms with Crippen molar-refractivity contribution in [1.29, 1.82) is 0 Å². The Bertz CT molecular complexity index is 1560. The van der Waals surface area contributed by atoms with Crippen molar-refractivity contribution in [2.24, 2.45) is 0 Å². The smallest absolute Gasteiger partial charge is 0.451 e. The van der Waals surface area contributed by atoms with Gasteiger partial charge in [0.25, 0.3) is 5.91 Å². The van der Waals surface area contributed by atoms with Crippen molar-refractivity contribution in [3.05, 3.63) is 93.2 Å². The Morgan fingerprint density at radius 2 is 1.88 bits per heavy atom. The zero-order valence-electron chi connectivity index (χ0n) is 21.7. The summed E-state index contributed by atoms with van der Waals surface area (Å²) in [4.78, 5) is 39.3. The van der Waals surface area contributed by atoms with Gasteiger partial charge in [0.15, 0.2) is 5.69 Å². The fraction of sp³-hybridized carbons (Fsp3) is 0.296. The van der Waals surface area contributed by atoms with E-state index in [4.69, 9.17) is 4.74 Å². The van der Waals surface area contributed by atoms with Gasteiger partial charge >= 0.3 is 12.3 Å². The summed E-state index contributed by atoms with van der Waals surface area (Å²) < 4.78 is 72.0. The number of nitrogens with zero attached hydrogens (tertiary/aromatic N) is 3. The molecule has 2 aliphatic heterocycles. The molecule has 0 N–H and O–H groups in total. The van der Waals surface area contributed by atoms with Crippen molar-refractivity contribution in [2.45, 2.75) is 35.8 Å². The molecule has 0 saturated carbocycles. The van der Waals surface area contributed by atoms with Gasteiger partial charge in [0.2, 0.25) is 18.0 Å². The highest BCUT2D eigenvalue weighted by Crippen LogP contribution is 2.43. The third-order valence-corrected chi connectivity index (χ3v) is 7.99. The van der Waals surface area contributed by atoms with Crippen molar-refractivity contribution in [2.75, 3.05) is 25.6 Å². The highest BCUT2D eigenvalue weighted by Gasteiger charge is 2.48. The molecule has 0 spiro atoms. The maximum atomic E-state index is 14.3. The van der Waals surface area contributed by atoms with E-state index in [0.29, 0.717) is 27.3 Å². The maximum absolute atomic E-state index is 14.3. The fourth-order valence-electron chi connectivity index (χ4n) is 4.81. The molecule has 5 rings (SSSR count). The predicted octanol–water partition coefficient (Wildman–Crippen LogP) is 4.80. The fourth-order valence-corrected chi connectivity index (χ4v) is 5.89. The van der Waals surface area contributed by atoms with Crippen molar-refractivity contribution >= 4 is 23.8 Å². The van der Waals surface area contributed by atoms with Gasteiger partial charge in [0.05, 0.1) is 13.2 Å². The van der Waals surface area contributed by atoms with Crippen LogP contribution in [0.2, 0.25) is 0 Å². The lowest BCUT2D eigenvalue weighted by molar-refractivity contribution is -0.173. The average molecular weight is 594 g/mol. The van der Waals surface area contributed by atoms with Gasteiger partial charge in [-0.05, 0) is 41.8 Å². The van der Waals surface area contributed by atoms with Crippen LogP contribution in [0.15, 0.2) is 64.4 Å². The van der Waals surface area contributed by atoms with Crippen molar-refractivity contribution < 1.29 is 41.4 Å². The Balaban J connectivity index is 1.73. The summed E-state index contributed by atoms with van der Waals surface area (Å²) >= 11 is 1.45. The first kappa shape index (κ1) is 28.3. The van der Waals surface area contributed by atoms with Gasteiger partial charge in [-0.2, -0.15) is 13.2 Å². The Morgan fingerprint density at radius 3 is 2.61 bits per heavy atom. The van der Waals surface area contributed by atoms with Crippen LogP contribution in [0.5, 0.6) is 5.75 Å². The van der Waals surface area contributed by atoms with Crippen LogP contribution in [-0.4, -0.2) is 54.4 Å². The molecule has 9 nitrogen and oxygen atoms in total. The number of amides is 1. The van der Waals surface area contributed by atoms with Crippen LogP contribution >= 0.6 is 11.8 Å². The monoisotopic (exact) mass is 593 g/mol. The summed E-state index contributed by atoms with van der Waals surface area (Å²) in [6.45, 7) is -0.534. The minimum Gasteiger partial charge on any atom is -0.451 e. The zero-order valence-corrected chi connectivity index (χ0v) is 22.5. The summed E-state index contributed by atoms with van der Waals surface area (Å²) in [5.41, 5.74) is 0.621. The SMILES string of the molecule is COC(=O)OCOc1c2n(ccc1=O)N([C@H]1c3ccc(F)cc3CSc3ccccc31)CN([C@H](C)C(F)(F)F)C2=O. The molecule has 0 radical (unpaired) electrons. The first-order chi connectivity index (χ1) is 19.5. The van der Waals surface area contributed by atoms with Crippen LogP contribution in [-0.2, 0) is 15.2 Å². The number of rotatable bonds is 5. The molecule has 0 aliphatic carbocycles. The number of hydrogen-bond acceptors (Lipinski definition) is 8. The van der Waals surface area contributed by atoms with Gasteiger partial charge in [0.1, 0.15) is 18.5 Å². The quantitative estimate of drug-likeness (QED) is 0.237. The molecule has 1 aromatic heterocycles. The van der Waals surface area contributed by atoms with E-state index < -0.39 is 66.5 Å². The Kier molecular flexibility index (Phi) is 7.60. The lowest BCUT2D eigenvalue weighted by atomic mass is 9.94. The summed E-state index contributed by atoms with van der Waals surface area (Å²) in [6, 6.07) is 9.50. The maximum Gasteiger partial charge on any atom is 0.510 e. The summed E-state index contributed by atoms with van der Waals surface area (Å²) in [7, 11) is 1.05.